The van der Waals surface area contributed by atoms with Crippen LogP contribution >= 0.6 is 0 Å². The van der Waals surface area contributed by atoms with E-state index in [1.807, 2.05) is 0 Å². The molecule has 0 unspecified atom stereocenters. The minimum absolute atomic E-state index is 0.0649. The van der Waals surface area contributed by atoms with Crippen molar-refractivity contribution in [2.45, 2.75) is 0 Å². The van der Waals surface area contributed by atoms with Crippen LogP contribution in [-0.4, -0.2) is 0 Å². The third-order valence-electron chi connectivity index (χ3n) is 7.50. The van der Waals surface area contributed by atoms with Crippen molar-refractivity contribution in [2.75, 3.05) is 0 Å². The predicted octanol–water partition coefficient (Wildman–Crippen LogP) is 12.0. The Hall–Kier alpha value is -5.66. The summed E-state index contributed by atoms with van der Waals surface area (Å²) in [5.41, 5.74) is -1.25. The molecule has 43 heavy (non-hydrogen) atoms. The second-order valence-electron chi connectivity index (χ2n) is 9.85. The van der Waals surface area contributed by atoms with Gasteiger partial charge in [0, 0.05) is 10.8 Å². The highest BCUT2D eigenvalue weighted by Gasteiger charge is 2.18. The van der Waals surface area contributed by atoms with Crippen LogP contribution in [0.1, 0.15) is 24.7 Å². The fraction of sp³-hybridized carbons (Fsp3) is 0. The molecule has 0 amide bonds. The molecular weight excluding hydrogens is 520 g/mol. The molecule has 0 aliphatic heterocycles. The van der Waals surface area contributed by atoms with E-state index in [4.69, 9.17) is 20.9 Å². The van der Waals surface area contributed by atoms with Gasteiger partial charge in [0.15, 0.2) is 0 Å². The number of hydrogen-bond acceptors (Lipinski definition) is 1. The predicted molar refractivity (Wildman–Crippen MR) is 183 cm³/mol. The van der Waals surface area contributed by atoms with Gasteiger partial charge in [-0.1, -0.05) is 139 Å². The molecule has 0 atom stereocenters. The minimum Gasteiger partial charge on any atom is -0.456 e. The normalized spacial score (nSPS) is 17.6. The molecule has 0 saturated carbocycles. The van der Waals surface area contributed by atoms with Crippen molar-refractivity contribution in [3.8, 4) is 33.4 Å². The van der Waals surface area contributed by atoms with Gasteiger partial charge >= 0.3 is 0 Å². The Kier molecular flexibility index (Phi) is 2.70. The van der Waals surface area contributed by atoms with Gasteiger partial charge in [0.2, 0.25) is 0 Å². The summed E-state index contributed by atoms with van der Waals surface area (Å²) in [5.74, 6) is 0. The SMILES string of the molecule is [2H]c1c([2H])c(-c2c([2H])c([2H])c([2H])c3c([2H])c([2H])c([2H])c([2H])c23)c([2H])c([2H])c1-c1c2ccccc2c(-c2c([2H])c([2H])c3oc4c([2H])c([2H])c([2H])c([2H])c4c3c2[2H])c2ccccc12. The molecular formula is C42H26O. The first-order chi connectivity index (χ1) is 28.8. The van der Waals surface area contributed by atoms with Gasteiger partial charge in [0.25, 0.3) is 0 Å². The Morgan fingerprint density at radius 3 is 1.65 bits per heavy atom. The van der Waals surface area contributed by atoms with Crippen molar-refractivity contribution < 1.29 is 29.1 Å². The number of benzene rings is 8. The van der Waals surface area contributed by atoms with Gasteiger partial charge in [-0.2, -0.15) is 0 Å². The van der Waals surface area contributed by atoms with E-state index < -0.39 is 125 Å². The molecule has 1 heteroatoms. The van der Waals surface area contributed by atoms with E-state index in [0.29, 0.717) is 21.5 Å². The first-order valence-corrected chi connectivity index (χ1v) is 13.3. The number of para-hydroxylation sites is 1. The average molecular weight is 565 g/mol. The summed E-state index contributed by atoms with van der Waals surface area (Å²) in [6.45, 7) is 0. The fourth-order valence-electron chi connectivity index (χ4n) is 5.66. The van der Waals surface area contributed by atoms with E-state index in [0.717, 1.165) is 0 Å². The Morgan fingerprint density at radius 1 is 0.395 bits per heavy atom. The van der Waals surface area contributed by atoms with Crippen molar-refractivity contribution in [3.63, 3.8) is 0 Å². The number of furan rings is 1. The molecule has 9 rings (SSSR count). The van der Waals surface area contributed by atoms with Crippen LogP contribution in [0.4, 0.5) is 0 Å². The molecule has 8 aromatic carbocycles. The van der Waals surface area contributed by atoms with Gasteiger partial charge in [-0.15, -0.1) is 0 Å². The van der Waals surface area contributed by atoms with Gasteiger partial charge in [-0.25, -0.2) is 0 Å². The van der Waals surface area contributed by atoms with Gasteiger partial charge in [-0.05, 0) is 83.8 Å². The fourth-order valence-corrected chi connectivity index (χ4v) is 5.66. The standard InChI is InChI=1S/C42H26O/c1-2-12-31-27(10-1)11-9-18-32(31)28-20-22-29(23-21-28)41-34-14-3-5-16-36(34)42(37-17-6-4-15-35(37)41)30-24-25-40-38(26-30)33-13-7-8-19-39(33)43-40/h1-26H/i1D,2D,7D,8D,9D,10D,11D,12D,13D,18D,19D,20D,21D,22D,23D,24D,25D,26D. The van der Waals surface area contributed by atoms with Gasteiger partial charge < -0.3 is 4.42 Å². The molecule has 0 N–H and O–H groups in total. The molecule has 0 aliphatic rings. The summed E-state index contributed by atoms with van der Waals surface area (Å²) in [6.07, 6.45) is 0. The van der Waals surface area contributed by atoms with Crippen molar-refractivity contribution in [1.82, 2.24) is 0 Å². The maximum Gasteiger partial charge on any atom is 0.135 e. The first-order valence-electron chi connectivity index (χ1n) is 22.3. The zero-order valence-electron chi connectivity index (χ0n) is 40.0. The smallest absolute Gasteiger partial charge is 0.135 e. The highest BCUT2D eigenvalue weighted by atomic mass is 16.3. The highest BCUT2D eigenvalue weighted by molar-refractivity contribution is 6.22. The lowest BCUT2D eigenvalue weighted by Crippen LogP contribution is -1.91. The lowest BCUT2D eigenvalue weighted by atomic mass is 9.85. The number of fused-ring (bicyclic) bond motifs is 6. The van der Waals surface area contributed by atoms with Crippen LogP contribution in [0, 0.1) is 0 Å². The molecule has 0 radical (unpaired) electrons. The summed E-state index contributed by atoms with van der Waals surface area (Å²) < 4.78 is 164. The highest BCUT2D eigenvalue weighted by Crippen LogP contribution is 2.45. The van der Waals surface area contributed by atoms with Crippen LogP contribution in [0.15, 0.2) is 162 Å². The minimum atomic E-state index is -0.735. The van der Waals surface area contributed by atoms with Crippen LogP contribution in [0.5, 0.6) is 0 Å². The first kappa shape index (κ1) is 12.3. The van der Waals surface area contributed by atoms with E-state index in [2.05, 4.69) is 0 Å². The Bertz CT molecular complexity index is 3420. The van der Waals surface area contributed by atoms with Gasteiger partial charge in [0.05, 0.1) is 24.7 Å². The third kappa shape index (κ3) is 3.72. The van der Waals surface area contributed by atoms with Crippen LogP contribution in [-0.2, 0) is 0 Å². The maximum atomic E-state index is 9.55. The summed E-state index contributed by atoms with van der Waals surface area (Å²) in [6, 6.07) is 2.55. The van der Waals surface area contributed by atoms with E-state index in [9.17, 15) is 8.22 Å². The van der Waals surface area contributed by atoms with Crippen LogP contribution in [0.2, 0.25) is 0 Å². The maximum absolute atomic E-state index is 9.55. The molecule has 0 aliphatic carbocycles. The molecule has 1 aromatic heterocycles. The zero-order chi connectivity index (χ0) is 44.0. The Labute approximate surface area is 274 Å². The summed E-state index contributed by atoms with van der Waals surface area (Å²) in [5, 5.41) is 0.421. The third-order valence-corrected chi connectivity index (χ3v) is 7.50. The van der Waals surface area contributed by atoms with Crippen molar-refractivity contribution in [3.05, 3.63) is 157 Å². The molecule has 200 valence electrons. The van der Waals surface area contributed by atoms with E-state index in [1.165, 1.54) is 0 Å². The number of rotatable bonds is 3. The molecule has 0 spiro atoms. The topological polar surface area (TPSA) is 13.1 Å². The molecule has 0 fully saturated rings. The Morgan fingerprint density at radius 2 is 0.930 bits per heavy atom. The lowest BCUT2D eigenvalue weighted by molar-refractivity contribution is 0.669. The zero-order valence-corrected chi connectivity index (χ0v) is 22.0. The van der Waals surface area contributed by atoms with Crippen molar-refractivity contribution >= 4 is 54.3 Å². The summed E-state index contributed by atoms with van der Waals surface area (Å²) >= 11 is 0. The second kappa shape index (κ2) is 9.44. The Balaban J connectivity index is 1.41. The monoisotopic (exact) mass is 564 g/mol. The lowest BCUT2D eigenvalue weighted by Gasteiger charge is -2.18. The molecule has 1 nitrogen and oxygen atoms in total. The van der Waals surface area contributed by atoms with Crippen LogP contribution in [0.25, 0.3) is 87.6 Å². The number of hydrogen-bond donors (Lipinski definition) is 0. The van der Waals surface area contributed by atoms with Crippen molar-refractivity contribution in [1.29, 1.82) is 0 Å². The molecule has 9 aromatic rings. The molecule has 0 bridgehead atoms. The molecule has 1 heterocycles. The van der Waals surface area contributed by atoms with Gasteiger partial charge in [0.1, 0.15) is 11.2 Å². The summed E-state index contributed by atoms with van der Waals surface area (Å²) in [7, 11) is 0. The van der Waals surface area contributed by atoms with E-state index in [1.54, 1.807) is 48.5 Å². The summed E-state index contributed by atoms with van der Waals surface area (Å²) in [4.78, 5) is 0. The quantitative estimate of drug-likeness (QED) is 0.195. The van der Waals surface area contributed by atoms with Crippen LogP contribution in [0.3, 0.4) is 0 Å². The van der Waals surface area contributed by atoms with E-state index >= 15 is 0 Å². The largest absolute Gasteiger partial charge is 0.456 e. The van der Waals surface area contributed by atoms with E-state index in [-0.39, 0.29) is 50.2 Å². The van der Waals surface area contributed by atoms with Crippen LogP contribution < -0.4 is 0 Å². The van der Waals surface area contributed by atoms with Crippen molar-refractivity contribution in [2.24, 2.45) is 0 Å². The average Bonchev–Trinajstić information content (AvgIpc) is 3.66. The van der Waals surface area contributed by atoms with Gasteiger partial charge in [-0.3, -0.25) is 0 Å². The second-order valence-corrected chi connectivity index (χ2v) is 9.85. The molecule has 0 saturated heterocycles.